The summed E-state index contributed by atoms with van der Waals surface area (Å²) in [4.78, 5) is 9.75. The first kappa shape index (κ1) is 24.1. The van der Waals surface area contributed by atoms with Crippen molar-refractivity contribution in [2.45, 2.75) is 33.2 Å². The Morgan fingerprint density at radius 3 is 2.56 bits per heavy atom. The van der Waals surface area contributed by atoms with Gasteiger partial charge in [0, 0.05) is 45.3 Å². The first-order valence-corrected chi connectivity index (χ1v) is 9.85. The predicted molar refractivity (Wildman–Crippen MR) is 123 cm³/mol. The molecule has 2 N–H and O–H groups in total. The highest BCUT2D eigenvalue weighted by molar-refractivity contribution is 14.0. The number of nitrogens with one attached hydrogen (secondary N) is 2. The summed E-state index contributed by atoms with van der Waals surface area (Å²) in [5, 5.41) is 6.65. The van der Waals surface area contributed by atoms with Gasteiger partial charge in [0.25, 0.3) is 0 Å². The normalized spacial score (nSPS) is 17.3. The van der Waals surface area contributed by atoms with Gasteiger partial charge in [-0.15, -0.1) is 24.0 Å². The maximum Gasteiger partial charge on any atom is 0.191 e. The second-order valence-electron chi connectivity index (χ2n) is 6.85. The van der Waals surface area contributed by atoms with E-state index < -0.39 is 0 Å². The van der Waals surface area contributed by atoms with Crippen LogP contribution >= 0.6 is 24.0 Å². The fourth-order valence-corrected chi connectivity index (χ4v) is 3.22. The van der Waals surface area contributed by atoms with Crippen molar-refractivity contribution < 1.29 is 4.39 Å². The average Bonchev–Trinajstić information content (AvgIpc) is 2.66. The molecule has 1 aromatic rings. The highest BCUT2D eigenvalue weighted by Crippen LogP contribution is 2.06. The fraction of sp³-hybridized carbons (Fsp3) is 0.650. The minimum Gasteiger partial charge on any atom is -0.357 e. The molecule has 0 amide bonds. The van der Waals surface area contributed by atoms with Crippen LogP contribution < -0.4 is 10.6 Å². The minimum atomic E-state index is -0.180. The molecule has 2 rings (SSSR count). The summed E-state index contributed by atoms with van der Waals surface area (Å²) in [5.41, 5.74) is 0.996. The third-order valence-electron chi connectivity index (χ3n) is 4.93. The van der Waals surface area contributed by atoms with Crippen LogP contribution in [0.3, 0.4) is 0 Å². The SMILES string of the molecule is CCNC(=NCC(C)N1CCN(CC)CC1)NCCc1cccc(F)c1.I. The number of piperazine rings is 1. The van der Waals surface area contributed by atoms with E-state index in [-0.39, 0.29) is 29.8 Å². The molecule has 0 radical (unpaired) electrons. The number of aliphatic imine (C=N–C) groups is 1. The van der Waals surface area contributed by atoms with Gasteiger partial charge in [-0.1, -0.05) is 19.1 Å². The standard InChI is InChI=1S/C20H34FN5.HI/c1-4-22-20(23-10-9-18-7-6-8-19(21)15-18)24-16-17(3)26-13-11-25(5-2)12-14-26;/h6-8,15,17H,4-5,9-14,16H2,1-3H3,(H2,22,23,24);1H. The molecule has 1 unspecified atom stereocenters. The smallest absolute Gasteiger partial charge is 0.191 e. The van der Waals surface area contributed by atoms with Gasteiger partial charge in [0.2, 0.25) is 0 Å². The summed E-state index contributed by atoms with van der Waals surface area (Å²) in [6.45, 7) is 14.6. The summed E-state index contributed by atoms with van der Waals surface area (Å²) in [5.74, 6) is 0.656. The predicted octanol–water partition coefficient (Wildman–Crippen LogP) is 2.57. The van der Waals surface area contributed by atoms with Gasteiger partial charge in [-0.05, 0) is 44.5 Å². The van der Waals surface area contributed by atoms with Crippen LogP contribution in [0.15, 0.2) is 29.3 Å². The lowest BCUT2D eigenvalue weighted by Crippen LogP contribution is -2.50. The Balaban J connectivity index is 0.00000364. The van der Waals surface area contributed by atoms with Crippen LogP contribution in [0.5, 0.6) is 0 Å². The maximum atomic E-state index is 13.2. The van der Waals surface area contributed by atoms with Crippen molar-refractivity contribution in [1.82, 2.24) is 20.4 Å². The van der Waals surface area contributed by atoms with E-state index in [9.17, 15) is 4.39 Å². The summed E-state index contributed by atoms with van der Waals surface area (Å²) in [6, 6.07) is 7.21. The first-order valence-electron chi connectivity index (χ1n) is 9.85. The van der Waals surface area contributed by atoms with Gasteiger partial charge < -0.3 is 15.5 Å². The van der Waals surface area contributed by atoms with Gasteiger partial charge in [0.15, 0.2) is 5.96 Å². The topological polar surface area (TPSA) is 42.9 Å². The number of hydrogen-bond acceptors (Lipinski definition) is 3. The third-order valence-corrected chi connectivity index (χ3v) is 4.93. The molecule has 0 bridgehead atoms. The van der Waals surface area contributed by atoms with Crippen LogP contribution in [0.4, 0.5) is 4.39 Å². The van der Waals surface area contributed by atoms with Crippen molar-refractivity contribution in [2.24, 2.45) is 4.99 Å². The molecule has 1 aliphatic heterocycles. The molecule has 1 aliphatic rings. The molecule has 0 aromatic heterocycles. The van der Waals surface area contributed by atoms with E-state index in [4.69, 9.17) is 4.99 Å². The summed E-state index contributed by atoms with van der Waals surface area (Å²) in [7, 11) is 0. The Hall–Kier alpha value is -0.930. The monoisotopic (exact) mass is 491 g/mol. The Bertz CT molecular complexity index is 561. The molecule has 154 valence electrons. The molecule has 5 nitrogen and oxygen atoms in total. The van der Waals surface area contributed by atoms with Crippen molar-refractivity contribution in [3.05, 3.63) is 35.6 Å². The lowest BCUT2D eigenvalue weighted by molar-refractivity contribution is 0.109. The molecule has 0 aliphatic carbocycles. The molecule has 1 heterocycles. The second kappa shape index (κ2) is 13.3. The average molecular weight is 491 g/mol. The number of guanidine groups is 1. The zero-order chi connectivity index (χ0) is 18.8. The molecular formula is C20H35FIN5. The summed E-state index contributed by atoms with van der Waals surface area (Å²) in [6.07, 6.45) is 0.775. The zero-order valence-corrected chi connectivity index (χ0v) is 19.2. The van der Waals surface area contributed by atoms with Crippen LogP contribution in [0.25, 0.3) is 0 Å². The van der Waals surface area contributed by atoms with E-state index in [1.165, 1.54) is 6.07 Å². The van der Waals surface area contributed by atoms with Gasteiger partial charge in [-0.3, -0.25) is 9.89 Å². The summed E-state index contributed by atoms with van der Waals surface area (Å²) >= 11 is 0. The quantitative estimate of drug-likeness (QED) is 0.334. The number of likely N-dealkylation sites (N-methyl/N-ethyl adjacent to an activating group) is 1. The summed E-state index contributed by atoms with van der Waals surface area (Å²) < 4.78 is 13.2. The van der Waals surface area contributed by atoms with Crippen molar-refractivity contribution in [2.75, 3.05) is 52.4 Å². The zero-order valence-electron chi connectivity index (χ0n) is 16.9. The lowest BCUT2D eigenvalue weighted by atomic mass is 10.1. The number of benzene rings is 1. The van der Waals surface area contributed by atoms with Crippen molar-refractivity contribution in [3.63, 3.8) is 0 Å². The molecule has 1 aromatic carbocycles. The first-order chi connectivity index (χ1) is 12.6. The second-order valence-corrected chi connectivity index (χ2v) is 6.85. The third kappa shape index (κ3) is 8.74. The van der Waals surface area contributed by atoms with Crippen LogP contribution in [0.1, 0.15) is 26.3 Å². The highest BCUT2D eigenvalue weighted by atomic mass is 127. The van der Waals surface area contributed by atoms with E-state index in [0.29, 0.717) is 6.04 Å². The van der Waals surface area contributed by atoms with Crippen LogP contribution in [-0.4, -0.2) is 74.2 Å². The van der Waals surface area contributed by atoms with Crippen LogP contribution in [0.2, 0.25) is 0 Å². The van der Waals surface area contributed by atoms with Crippen molar-refractivity contribution >= 4 is 29.9 Å². The van der Waals surface area contributed by atoms with Gasteiger partial charge in [0.05, 0.1) is 6.54 Å². The van der Waals surface area contributed by atoms with Gasteiger partial charge >= 0.3 is 0 Å². The molecule has 0 saturated carbocycles. The molecule has 1 atom stereocenters. The highest BCUT2D eigenvalue weighted by Gasteiger charge is 2.19. The molecule has 1 saturated heterocycles. The molecular weight excluding hydrogens is 456 g/mol. The van der Waals surface area contributed by atoms with E-state index in [2.05, 4.69) is 41.2 Å². The Labute approximate surface area is 180 Å². The molecule has 0 spiro atoms. The Kier molecular flexibility index (Phi) is 11.9. The van der Waals surface area contributed by atoms with Crippen LogP contribution in [0, 0.1) is 5.82 Å². The van der Waals surface area contributed by atoms with Crippen molar-refractivity contribution in [1.29, 1.82) is 0 Å². The largest absolute Gasteiger partial charge is 0.357 e. The lowest BCUT2D eigenvalue weighted by Gasteiger charge is -2.37. The van der Waals surface area contributed by atoms with E-state index in [1.807, 2.05) is 6.07 Å². The van der Waals surface area contributed by atoms with Gasteiger partial charge in [-0.2, -0.15) is 0 Å². The van der Waals surface area contributed by atoms with Gasteiger partial charge in [-0.25, -0.2) is 4.39 Å². The molecule has 7 heteroatoms. The van der Waals surface area contributed by atoms with Gasteiger partial charge in [0.1, 0.15) is 5.82 Å². The number of nitrogens with zero attached hydrogens (tertiary/aromatic N) is 3. The number of halogens is 2. The Morgan fingerprint density at radius 1 is 1.19 bits per heavy atom. The molecule has 27 heavy (non-hydrogen) atoms. The van der Waals surface area contributed by atoms with E-state index in [1.54, 1.807) is 12.1 Å². The number of hydrogen-bond donors (Lipinski definition) is 2. The van der Waals surface area contributed by atoms with E-state index in [0.717, 1.165) is 70.3 Å². The van der Waals surface area contributed by atoms with Crippen molar-refractivity contribution in [3.8, 4) is 0 Å². The Morgan fingerprint density at radius 2 is 1.93 bits per heavy atom. The maximum absolute atomic E-state index is 13.2. The molecule has 1 fully saturated rings. The van der Waals surface area contributed by atoms with E-state index >= 15 is 0 Å². The minimum absolute atomic E-state index is 0. The number of rotatable bonds is 8. The van der Waals surface area contributed by atoms with Crippen LogP contribution in [-0.2, 0) is 6.42 Å². The fourth-order valence-electron chi connectivity index (χ4n) is 3.22.